The summed E-state index contributed by atoms with van der Waals surface area (Å²) in [5, 5.41) is 1.47. The van der Waals surface area contributed by atoms with Gasteiger partial charge < -0.3 is 0 Å². The van der Waals surface area contributed by atoms with Gasteiger partial charge in [-0.25, -0.2) is 0 Å². The molecule has 1 unspecified atom stereocenters. The quantitative estimate of drug-likeness (QED) is 0.728. The molecule has 0 spiro atoms. The molecule has 0 radical (unpaired) electrons. The number of rotatable bonds is 3. The van der Waals surface area contributed by atoms with Crippen LogP contribution in [-0.4, -0.2) is 11.8 Å². The van der Waals surface area contributed by atoms with Crippen molar-refractivity contribution < 1.29 is 0 Å². The average Bonchev–Trinajstić information content (AvgIpc) is 2.40. The fourth-order valence-corrected chi connectivity index (χ4v) is 7.01. The summed E-state index contributed by atoms with van der Waals surface area (Å²) in [6.07, 6.45) is 8.16. The van der Waals surface area contributed by atoms with Crippen LogP contribution in [0, 0.1) is 0 Å². The van der Waals surface area contributed by atoms with Gasteiger partial charge >= 0.3 is 0 Å². The predicted octanol–water partition coefficient (Wildman–Crippen LogP) is 4.14. The summed E-state index contributed by atoms with van der Waals surface area (Å²) in [4.78, 5) is 0. The molecule has 0 bridgehead atoms. The van der Waals surface area contributed by atoms with Crippen LogP contribution in [0.1, 0.15) is 39.0 Å². The lowest BCUT2D eigenvalue weighted by Crippen LogP contribution is -2.21. The van der Waals surface area contributed by atoms with Gasteiger partial charge in [0.1, 0.15) is 0 Å². The first-order valence-electron chi connectivity index (χ1n) is 6.41. The Morgan fingerprint density at radius 2 is 1.75 bits per heavy atom. The van der Waals surface area contributed by atoms with Gasteiger partial charge in [-0.1, -0.05) is 68.3 Å². The van der Waals surface area contributed by atoms with E-state index in [1.807, 2.05) is 0 Å². The molecule has 1 fully saturated rings. The highest BCUT2D eigenvalue weighted by Gasteiger charge is 2.29. The summed E-state index contributed by atoms with van der Waals surface area (Å²) in [5.74, 6) is 0. The third-order valence-electron chi connectivity index (χ3n) is 3.83. The minimum absolute atomic E-state index is 0.823. The van der Waals surface area contributed by atoms with Crippen molar-refractivity contribution in [3.8, 4) is 0 Å². The van der Waals surface area contributed by atoms with Crippen molar-refractivity contribution in [2.24, 2.45) is 0 Å². The normalized spacial score (nSPS) is 21.6. The van der Waals surface area contributed by atoms with E-state index in [4.69, 9.17) is 11.8 Å². The maximum atomic E-state index is 6.10. The summed E-state index contributed by atoms with van der Waals surface area (Å²) < 4.78 is 0. The standard InChI is InChI=1S/C14H21PS/c1-2-15(16,13-9-5-3-6-10-13)14-11-7-4-8-12-14/h3,5-6,9-10,14H,2,4,7-8,11-12H2,1H3. The van der Waals surface area contributed by atoms with Gasteiger partial charge in [0.25, 0.3) is 0 Å². The van der Waals surface area contributed by atoms with Gasteiger partial charge in [-0.3, -0.25) is 0 Å². The second-order valence-corrected chi connectivity index (χ2v) is 10.2. The summed E-state index contributed by atoms with van der Waals surface area (Å²) in [5.41, 5.74) is 0.823. The lowest BCUT2D eigenvalue weighted by Gasteiger charge is -2.33. The second kappa shape index (κ2) is 5.47. The van der Waals surface area contributed by atoms with E-state index in [1.54, 1.807) is 0 Å². The van der Waals surface area contributed by atoms with Crippen LogP contribution in [0.2, 0.25) is 0 Å². The summed E-state index contributed by atoms with van der Waals surface area (Å²) >= 11 is 6.10. The predicted molar refractivity (Wildman–Crippen MR) is 77.8 cm³/mol. The Labute approximate surface area is 104 Å². The maximum absolute atomic E-state index is 6.10. The number of hydrogen-bond donors (Lipinski definition) is 0. The van der Waals surface area contributed by atoms with Gasteiger partial charge in [0, 0.05) is 0 Å². The molecule has 0 heterocycles. The van der Waals surface area contributed by atoms with Crippen LogP contribution in [0.4, 0.5) is 0 Å². The van der Waals surface area contributed by atoms with Crippen molar-refractivity contribution in [1.29, 1.82) is 0 Å². The Morgan fingerprint density at radius 1 is 1.12 bits per heavy atom. The average molecular weight is 252 g/mol. The van der Waals surface area contributed by atoms with Gasteiger partial charge in [0.05, 0.1) is 0 Å². The second-order valence-electron chi connectivity index (χ2n) is 4.74. The Bertz CT molecular complexity index is 366. The van der Waals surface area contributed by atoms with Crippen LogP contribution < -0.4 is 5.30 Å². The van der Waals surface area contributed by atoms with Crippen molar-refractivity contribution in [3.63, 3.8) is 0 Å². The largest absolute Gasteiger partial charge is 0.0923 e. The zero-order chi connectivity index (χ0) is 11.4. The van der Waals surface area contributed by atoms with Crippen molar-refractivity contribution in [1.82, 2.24) is 0 Å². The molecule has 0 aliphatic heterocycles. The minimum atomic E-state index is -1.29. The van der Waals surface area contributed by atoms with Gasteiger partial charge in [0.15, 0.2) is 0 Å². The summed E-state index contributed by atoms with van der Waals surface area (Å²) in [6, 6.07) is 9.62. The molecular weight excluding hydrogens is 231 g/mol. The molecule has 2 heteroatoms. The van der Waals surface area contributed by atoms with Crippen molar-refractivity contribution in [2.75, 3.05) is 6.16 Å². The number of hydrogen-bond acceptors (Lipinski definition) is 1. The Kier molecular flexibility index (Phi) is 4.21. The highest BCUT2D eigenvalue weighted by molar-refractivity contribution is 8.18. The smallest absolute Gasteiger partial charge is 0.00809 e. The van der Waals surface area contributed by atoms with Crippen LogP contribution >= 0.6 is 6.04 Å². The molecule has 16 heavy (non-hydrogen) atoms. The van der Waals surface area contributed by atoms with E-state index in [2.05, 4.69) is 37.3 Å². The maximum Gasteiger partial charge on any atom is -0.00809 e. The van der Waals surface area contributed by atoms with E-state index in [9.17, 15) is 0 Å². The Balaban J connectivity index is 2.28. The Hall–Kier alpha value is -0.130. The molecule has 0 N–H and O–H groups in total. The third-order valence-corrected chi connectivity index (χ3v) is 9.94. The van der Waals surface area contributed by atoms with Gasteiger partial charge in [-0.05, 0) is 36.0 Å². The molecule has 1 atom stereocenters. The van der Waals surface area contributed by atoms with E-state index in [-0.39, 0.29) is 0 Å². The highest BCUT2D eigenvalue weighted by Crippen LogP contribution is 2.54. The van der Waals surface area contributed by atoms with Crippen LogP contribution in [0.25, 0.3) is 0 Å². The van der Waals surface area contributed by atoms with Crippen LogP contribution in [0.3, 0.4) is 0 Å². The molecule has 2 rings (SSSR count). The lowest BCUT2D eigenvalue weighted by molar-refractivity contribution is 0.511. The lowest BCUT2D eigenvalue weighted by atomic mass is 10.0. The van der Waals surface area contributed by atoms with E-state index < -0.39 is 6.04 Å². The topological polar surface area (TPSA) is 0 Å². The van der Waals surface area contributed by atoms with Gasteiger partial charge in [-0.2, -0.15) is 0 Å². The van der Waals surface area contributed by atoms with Crippen molar-refractivity contribution in [3.05, 3.63) is 30.3 Å². The molecule has 1 aliphatic carbocycles. The first kappa shape index (κ1) is 12.3. The van der Waals surface area contributed by atoms with E-state index in [1.165, 1.54) is 43.6 Å². The molecule has 1 aliphatic rings. The van der Waals surface area contributed by atoms with Gasteiger partial charge in [-0.15, -0.1) is 0 Å². The molecule has 1 aromatic rings. The summed E-state index contributed by atoms with van der Waals surface area (Å²) in [7, 11) is 0. The number of benzene rings is 1. The summed E-state index contributed by atoms with van der Waals surface area (Å²) in [6.45, 7) is 2.29. The monoisotopic (exact) mass is 252 g/mol. The fraction of sp³-hybridized carbons (Fsp3) is 0.571. The Morgan fingerprint density at radius 3 is 2.31 bits per heavy atom. The molecule has 1 saturated carbocycles. The first-order chi connectivity index (χ1) is 7.77. The van der Waals surface area contributed by atoms with Gasteiger partial charge in [0.2, 0.25) is 0 Å². The third kappa shape index (κ3) is 2.41. The fourth-order valence-electron chi connectivity index (χ4n) is 2.83. The highest BCUT2D eigenvalue weighted by atomic mass is 32.4. The molecule has 0 amide bonds. The molecule has 0 saturated heterocycles. The van der Waals surface area contributed by atoms with E-state index in [0.29, 0.717) is 0 Å². The van der Waals surface area contributed by atoms with Crippen molar-refractivity contribution >= 4 is 23.1 Å². The van der Waals surface area contributed by atoms with Crippen LogP contribution in [0.5, 0.6) is 0 Å². The first-order valence-corrected chi connectivity index (χ1v) is 9.47. The van der Waals surface area contributed by atoms with Crippen LogP contribution in [0.15, 0.2) is 30.3 Å². The van der Waals surface area contributed by atoms with Crippen LogP contribution in [-0.2, 0) is 11.8 Å². The minimum Gasteiger partial charge on any atom is -0.0923 e. The molecule has 0 nitrogen and oxygen atoms in total. The molecule has 1 aromatic carbocycles. The van der Waals surface area contributed by atoms with E-state index >= 15 is 0 Å². The van der Waals surface area contributed by atoms with Crippen molar-refractivity contribution in [2.45, 2.75) is 44.7 Å². The zero-order valence-corrected chi connectivity index (χ0v) is 11.8. The molecule has 88 valence electrons. The SMILES string of the molecule is CCP(=S)(c1ccccc1)C1CCCCC1. The molecular formula is C14H21PS. The zero-order valence-electron chi connectivity index (χ0n) is 10.1. The van der Waals surface area contributed by atoms with E-state index in [0.717, 1.165) is 5.66 Å². The molecule has 0 aromatic heterocycles.